The van der Waals surface area contributed by atoms with Gasteiger partial charge in [0.1, 0.15) is 6.61 Å². The van der Waals surface area contributed by atoms with E-state index in [2.05, 4.69) is 0 Å². The molecule has 24 heavy (non-hydrogen) atoms. The molecule has 1 aliphatic heterocycles. The highest BCUT2D eigenvalue weighted by atomic mass is 16.6. The first-order valence-corrected chi connectivity index (χ1v) is 8.79. The zero-order chi connectivity index (χ0) is 17.5. The van der Waals surface area contributed by atoms with Crippen molar-refractivity contribution in [3.63, 3.8) is 0 Å². The van der Waals surface area contributed by atoms with Gasteiger partial charge in [0, 0.05) is 25.7 Å². The highest BCUT2D eigenvalue weighted by molar-refractivity contribution is 5.80. The average molecular weight is 332 g/mol. The monoisotopic (exact) mass is 332 g/mol. The van der Waals surface area contributed by atoms with Gasteiger partial charge in [0.25, 0.3) is 0 Å². The maximum absolute atomic E-state index is 12.7. The van der Waals surface area contributed by atoms with Crippen LogP contribution in [0.5, 0.6) is 0 Å². The Morgan fingerprint density at radius 1 is 1.29 bits per heavy atom. The molecule has 0 radical (unpaired) electrons. The molecular weight excluding hydrogens is 304 g/mol. The Bertz CT molecular complexity index is 545. The number of ether oxygens (including phenoxy) is 1. The van der Waals surface area contributed by atoms with E-state index < -0.39 is 0 Å². The Balaban J connectivity index is 1.90. The molecule has 2 rings (SSSR count). The van der Waals surface area contributed by atoms with Crippen LogP contribution in [-0.4, -0.2) is 47.5 Å². The molecule has 2 amide bonds. The second kappa shape index (κ2) is 8.71. The molecule has 0 aliphatic carbocycles. The minimum atomic E-state index is -0.330. The summed E-state index contributed by atoms with van der Waals surface area (Å²) in [6.07, 6.45) is 1.35. The molecule has 0 bridgehead atoms. The number of likely N-dealkylation sites (tertiary alicyclic amines) is 1. The summed E-state index contributed by atoms with van der Waals surface area (Å²) in [5.74, 6) is 0.0263. The Labute approximate surface area is 144 Å². The third-order valence-electron chi connectivity index (χ3n) is 4.48. The Kier molecular flexibility index (Phi) is 6.64. The van der Waals surface area contributed by atoms with E-state index in [0.717, 1.165) is 18.4 Å². The lowest BCUT2D eigenvalue weighted by Crippen LogP contribution is -2.48. The standard InChI is InChI=1S/C19H28N2O3/c1-4-21(15(2)3)18(22)17-11-8-12-20(13-17)19(23)24-14-16-9-6-5-7-10-16/h5-7,9-10,15,17H,4,8,11-14H2,1-3H3. The minimum Gasteiger partial charge on any atom is -0.445 e. The number of piperidine rings is 1. The topological polar surface area (TPSA) is 49.9 Å². The van der Waals surface area contributed by atoms with Gasteiger partial charge in [-0.3, -0.25) is 4.79 Å². The summed E-state index contributed by atoms with van der Waals surface area (Å²) in [6.45, 7) is 8.12. The quantitative estimate of drug-likeness (QED) is 0.831. The number of amides is 2. The van der Waals surface area contributed by atoms with Crippen LogP contribution in [0.15, 0.2) is 30.3 Å². The molecule has 0 N–H and O–H groups in total. The van der Waals surface area contributed by atoms with Crippen molar-refractivity contribution >= 4 is 12.0 Å². The molecule has 1 aromatic rings. The molecule has 5 heteroatoms. The van der Waals surface area contributed by atoms with Crippen molar-refractivity contribution in [3.05, 3.63) is 35.9 Å². The van der Waals surface area contributed by atoms with Gasteiger partial charge >= 0.3 is 6.09 Å². The molecule has 1 atom stereocenters. The van der Waals surface area contributed by atoms with Crippen molar-refractivity contribution < 1.29 is 14.3 Å². The van der Waals surface area contributed by atoms with Gasteiger partial charge in [0.15, 0.2) is 0 Å². The molecule has 1 aliphatic rings. The zero-order valence-electron chi connectivity index (χ0n) is 14.9. The van der Waals surface area contributed by atoms with E-state index >= 15 is 0 Å². The van der Waals surface area contributed by atoms with Gasteiger partial charge in [-0.1, -0.05) is 30.3 Å². The number of benzene rings is 1. The van der Waals surface area contributed by atoms with Crippen LogP contribution in [0.2, 0.25) is 0 Å². The fourth-order valence-corrected chi connectivity index (χ4v) is 3.17. The van der Waals surface area contributed by atoms with Gasteiger partial charge in [-0.25, -0.2) is 4.79 Å². The molecular formula is C19H28N2O3. The highest BCUT2D eigenvalue weighted by Crippen LogP contribution is 2.21. The van der Waals surface area contributed by atoms with Gasteiger partial charge in [0.05, 0.1) is 5.92 Å². The average Bonchev–Trinajstić information content (AvgIpc) is 2.61. The second-order valence-corrected chi connectivity index (χ2v) is 6.54. The smallest absolute Gasteiger partial charge is 0.410 e. The summed E-state index contributed by atoms with van der Waals surface area (Å²) < 4.78 is 5.39. The van der Waals surface area contributed by atoms with Crippen molar-refractivity contribution in [1.29, 1.82) is 0 Å². The van der Waals surface area contributed by atoms with Gasteiger partial charge in [-0.05, 0) is 39.2 Å². The fourth-order valence-electron chi connectivity index (χ4n) is 3.17. The van der Waals surface area contributed by atoms with Crippen LogP contribution in [0.25, 0.3) is 0 Å². The summed E-state index contributed by atoms with van der Waals surface area (Å²) in [5.41, 5.74) is 0.965. The van der Waals surface area contributed by atoms with Gasteiger partial charge in [-0.2, -0.15) is 0 Å². The maximum Gasteiger partial charge on any atom is 0.410 e. The molecule has 1 unspecified atom stereocenters. The lowest BCUT2D eigenvalue weighted by atomic mass is 9.96. The number of carbonyl (C=O) groups is 2. The summed E-state index contributed by atoms with van der Waals surface area (Å²) in [4.78, 5) is 28.5. The van der Waals surface area contributed by atoms with E-state index in [9.17, 15) is 9.59 Å². The van der Waals surface area contributed by atoms with Crippen LogP contribution >= 0.6 is 0 Å². The largest absolute Gasteiger partial charge is 0.445 e. The fraction of sp³-hybridized carbons (Fsp3) is 0.579. The Hall–Kier alpha value is -2.04. The first-order chi connectivity index (χ1) is 11.5. The van der Waals surface area contributed by atoms with Crippen LogP contribution in [0, 0.1) is 5.92 Å². The number of rotatable bonds is 5. The Morgan fingerprint density at radius 2 is 2.00 bits per heavy atom. The summed E-state index contributed by atoms with van der Waals surface area (Å²) >= 11 is 0. The molecule has 0 saturated carbocycles. The van der Waals surface area contributed by atoms with E-state index in [-0.39, 0.29) is 30.6 Å². The number of carbonyl (C=O) groups excluding carboxylic acids is 2. The lowest BCUT2D eigenvalue weighted by Gasteiger charge is -2.35. The lowest BCUT2D eigenvalue weighted by molar-refractivity contribution is -0.138. The van der Waals surface area contributed by atoms with E-state index in [4.69, 9.17) is 4.74 Å². The van der Waals surface area contributed by atoms with Crippen molar-refractivity contribution in [1.82, 2.24) is 9.80 Å². The molecule has 1 fully saturated rings. The van der Waals surface area contributed by atoms with Crippen LogP contribution in [0.3, 0.4) is 0 Å². The zero-order valence-corrected chi connectivity index (χ0v) is 14.9. The molecule has 1 aromatic carbocycles. The third-order valence-corrected chi connectivity index (χ3v) is 4.48. The van der Waals surface area contributed by atoms with Crippen molar-refractivity contribution in [2.24, 2.45) is 5.92 Å². The minimum absolute atomic E-state index is 0.120. The third kappa shape index (κ3) is 4.73. The number of nitrogens with zero attached hydrogens (tertiary/aromatic N) is 2. The second-order valence-electron chi connectivity index (χ2n) is 6.54. The first kappa shape index (κ1) is 18.3. The van der Waals surface area contributed by atoms with Crippen molar-refractivity contribution in [2.45, 2.75) is 46.3 Å². The SMILES string of the molecule is CCN(C(=O)C1CCCN(C(=O)OCc2ccccc2)C1)C(C)C. The van der Waals surface area contributed by atoms with E-state index in [1.165, 1.54) is 0 Å². The van der Waals surface area contributed by atoms with Crippen LogP contribution in [0.4, 0.5) is 4.79 Å². The van der Waals surface area contributed by atoms with Crippen molar-refractivity contribution in [2.75, 3.05) is 19.6 Å². The van der Waals surface area contributed by atoms with E-state index in [0.29, 0.717) is 19.6 Å². The molecule has 1 saturated heterocycles. The number of hydrogen-bond acceptors (Lipinski definition) is 3. The van der Waals surface area contributed by atoms with Crippen molar-refractivity contribution in [3.8, 4) is 0 Å². The summed E-state index contributed by atoms with van der Waals surface area (Å²) in [5, 5.41) is 0. The first-order valence-electron chi connectivity index (χ1n) is 8.79. The normalized spacial score (nSPS) is 17.7. The molecule has 132 valence electrons. The molecule has 0 spiro atoms. The molecule has 1 heterocycles. The van der Waals surface area contributed by atoms with Crippen LogP contribution in [0.1, 0.15) is 39.2 Å². The van der Waals surface area contributed by atoms with Gasteiger partial charge in [0.2, 0.25) is 5.91 Å². The molecule has 5 nitrogen and oxygen atoms in total. The van der Waals surface area contributed by atoms with Crippen LogP contribution < -0.4 is 0 Å². The summed E-state index contributed by atoms with van der Waals surface area (Å²) in [7, 11) is 0. The van der Waals surface area contributed by atoms with Gasteiger partial charge < -0.3 is 14.5 Å². The predicted octanol–water partition coefficient (Wildman–Crippen LogP) is 3.29. The summed E-state index contributed by atoms with van der Waals surface area (Å²) in [6, 6.07) is 9.81. The van der Waals surface area contributed by atoms with Crippen LogP contribution in [-0.2, 0) is 16.1 Å². The van der Waals surface area contributed by atoms with E-state index in [1.54, 1.807) is 4.90 Å². The predicted molar refractivity (Wildman–Crippen MR) is 93.4 cm³/mol. The van der Waals surface area contributed by atoms with E-state index in [1.807, 2.05) is 56.0 Å². The molecule has 0 aromatic heterocycles. The maximum atomic E-state index is 12.7. The number of hydrogen-bond donors (Lipinski definition) is 0. The highest BCUT2D eigenvalue weighted by Gasteiger charge is 2.32. The Morgan fingerprint density at radius 3 is 2.62 bits per heavy atom. The van der Waals surface area contributed by atoms with Gasteiger partial charge in [-0.15, -0.1) is 0 Å².